The van der Waals surface area contributed by atoms with Crippen molar-refractivity contribution in [3.8, 4) is 18.0 Å². The Morgan fingerprint density at radius 3 is 0.859 bits per heavy atom. The Morgan fingerprint density at radius 1 is 0.359 bits per heavy atom. The highest BCUT2D eigenvalue weighted by atomic mass is 16.5. The van der Waals surface area contributed by atoms with Crippen LogP contribution in [0.1, 0.15) is 67.2 Å². The molecular formula is C51H48N18O9. The van der Waals surface area contributed by atoms with Crippen molar-refractivity contribution in [1.29, 1.82) is 0 Å². The number of H-pyrrole nitrogens is 3. The third-order valence-electron chi connectivity index (χ3n) is 12.1. The Kier molecular flexibility index (Phi) is 14.8. The average molecular weight is 1060 g/mol. The number of aromatic amines is 3. The summed E-state index contributed by atoms with van der Waals surface area (Å²) in [4.78, 5) is 92.3. The molecule has 0 spiro atoms. The van der Waals surface area contributed by atoms with Gasteiger partial charge in [-0.15, -0.1) is 30.2 Å². The van der Waals surface area contributed by atoms with Gasteiger partial charge in [-0.1, -0.05) is 88.4 Å². The topological polar surface area (TPSA) is 323 Å². The molecule has 7 aromatic heterocycles. The van der Waals surface area contributed by atoms with Crippen LogP contribution in [-0.2, 0) is 59.1 Å². The highest BCUT2D eigenvalue weighted by molar-refractivity contribution is 5.26. The minimum absolute atomic E-state index is 0.0730. The lowest BCUT2D eigenvalue weighted by Gasteiger charge is -2.08. The summed E-state index contributed by atoms with van der Waals surface area (Å²) in [6.07, 6.45) is 9.76. The minimum Gasteiger partial charge on any atom is -0.457 e. The maximum absolute atomic E-state index is 12.3. The summed E-state index contributed by atoms with van der Waals surface area (Å²) >= 11 is 0. The van der Waals surface area contributed by atoms with Crippen LogP contribution < -0.4 is 48.0 Å². The van der Waals surface area contributed by atoms with Gasteiger partial charge in [0.25, 0.3) is 16.7 Å². The average Bonchev–Trinajstić information content (AvgIpc) is 4.21. The van der Waals surface area contributed by atoms with E-state index >= 15 is 0 Å². The number of rotatable bonds is 21. The molecule has 0 saturated carbocycles. The van der Waals surface area contributed by atoms with Gasteiger partial charge in [-0.05, 0) is 54.2 Å². The predicted molar refractivity (Wildman–Crippen MR) is 275 cm³/mol. The first-order valence-electron chi connectivity index (χ1n) is 24.2. The zero-order valence-corrected chi connectivity index (χ0v) is 42.1. The number of nitrogens with one attached hydrogen (secondary N) is 3. The Hall–Kier alpha value is -10.5. The fraction of sp³-hybridized carbons (Fsp3) is 0.235. The number of benzene rings is 3. The van der Waals surface area contributed by atoms with Crippen LogP contribution in [0, 0.1) is 20.8 Å². The maximum atomic E-state index is 12.3. The van der Waals surface area contributed by atoms with Crippen molar-refractivity contribution in [2.24, 2.45) is 0 Å². The number of hydrogen-bond donors (Lipinski definition) is 3. The molecule has 396 valence electrons. The number of aryl methyl sites for hydroxylation is 3. The number of aromatic nitrogens is 18. The molecule has 0 aliphatic rings. The second-order valence-corrected chi connectivity index (χ2v) is 18.3. The summed E-state index contributed by atoms with van der Waals surface area (Å²) in [5.41, 5.74) is 5.46. The van der Waals surface area contributed by atoms with E-state index in [1.165, 1.54) is 32.3 Å². The molecule has 3 aromatic carbocycles. The molecule has 0 radical (unpaired) electrons. The van der Waals surface area contributed by atoms with Crippen LogP contribution in [0.15, 0.2) is 139 Å². The van der Waals surface area contributed by atoms with Gasteiger partial charge in [-0.3, -0.25) is 43.0 Å². The predicted octanol–water partition coefficient (Wildman–Crippen LogP) is 1.15. The summed E-state index contributed by atoms with van der Waals surface area (Å²) in [5.74, 6) is 0. The summed E-state index contributed by atoms with van der Waals surface area (Å²) in [5, 5.41) is 25.5. The smallest absolute Gasteiger partial charge is 0.328 e. The normalized spacial score (nSPS) is 11.3. The largest absolute Gasteiger partial charge is 0.457 e. The fourth-order valence-corrected chi connectivity index (χ4v) is 7.98. The van der Waals surface area contributed by atoms with E-state index in [9.17, 15) is 28.8 Å². The molecule has 7 heterocycles. The second-order valence-electron chi connectivity index (χ2n) is 18.3. The van der Waals surface area contributed by atoms with E-state index in [2.05, 4.69) is 60.8 Å². The van der Waals surface area contributed by atoms with Crippen LogP contribution >= 0.6 is 0 Å². The quantitative estimate of drug-likeness (QED) is 0.0909. The van der Waals surface area contributed by atoms with Crippen LogP contribution in [0.25, 0.3) is 0 Å². The van der Waals surface area contributed by atoms with Gasteiger partial charge in [0.2, 0.25) is 0 Å². The van der Waals surface area contributed by atoms with E-state index in [4.69, 9.17) is 14.2 Å². The van der Waals surface area contributed by atoms with E-state index < -0.39 is 33.7 Å². The molecule has 0 amide bonds. The van der Waals surface area contributed by atoms with E-state index in [-0.39, 0.29) is 37.9 Å². The van der Waals surface area contributed by atoms with Crippen molar-refractivity contribution >= 4 is 0 Å². The third-order valence-corrected chi connectivity index (χ3v) is 12.1. The van der Waals surface area contributed by atoms with Crippen LogP contribution in [-0.4, -0.2) is 88.6 Å². The summed E-state index contributed by atoms with van der Waals surface area (Å²) < 4.78 is 27.2. The number of ether oxygens (including phenoxy) is 3. The molecule has 78 heavy (non-hydrogen) atoms. The molecule has 10 aromatic rings. The van der Waals surface area contributed by atoms with E-state index in [1.807, 2.05) is 72.8 Å². The molecule has 27 nitrogen and oxygen atoms in total. The van der Waals surface area contributed by atoms with Crippen LogP contribution in [0.4, 0.5) is 0 Å². The van der Waals surface area contributed by atoms with E-state index in [1.54, 1.807) is 53.4 Å². The fourth-order valence-electron chi connectivity index (χ4n) is 7.98. The Balaban J connectivity index is 0.779. The highest BCUT2D eigenvalue weighted by Gasteiger charge is 2.15. The Labute approximate surface area is 439 Å². The first-order chi connectivity index (χ1) is 37.7. The van der Waals surface area contributed by atoms with Gasteiger partial charge in [-0.2, -0.15) is 0 Å². The van der Waals surface area contributed by atoms with Gasteiger partial charge in [0.05, 0.1) is 57.9 Å². The standard InChI is InChI=1S/C51H48N18O9/c1-31-16-64(49(73)52-43(31)70)19-34-4-10-37(11-5-34)22-67-25-40(58-61-67)28-76-46-55-47(77-29-41-26-68(62-59-41)23-38-12-6-35(7-13-38)20-65-17-32(2)44(71)53-50(65)74)57-48(56-46)78-30-42-27-69(63-60-42)24-39-14-8-36(9-15-39)21-66-18-33(3)45(72)54-51(66)75/h4-18,25-27H,19-24,28-30H2,1-3H3,(H,52,70,73)(H,53,71,74)(H,54,72,75). The lowest BCUT2D eigenvalue weighted by atomic mass is 10.1. The van der Waals surface area contributed by atoms with Gasteiger partial charge in [0.15, 0.2) is 0 Å². The van der Waals surface area contributed by atoms with Crippen molar-refractivity contribution < 1.29 is 14.2 Å². The summed E-state index contributed by atoms with van der Waals surface area (Å²) in [6.45, 7) is 6.77. The van der Waals surface area contributed by atoms with Crippen molar-refractivity contribution in [3.05, 3.63) is 240 Å². The molecule has 0 bridgehead atoms. The first-order valence-corrected chi connectivity index (χ1v) is 24.2. The molecule has 0 aliphatic carbocycles. The van der Waals surface area contributed by atoms with Crippen LogP contribution in [0.5, 0.6) is 18.0 Å². The molecule has 0 aliphatic heterocycles. The second kappa shape index (κ2) is 22.6. The molecule has 3 N–H and O–H groups in total. The molecule has 0 fully saturated rings. The third kappa shape index (κ3) is 12.9. The number of hydrogen-bond acceptors (Lipinski definition) is 18. The summed E-state index contributed by atoms with van der Waals surface area (Å²) in [6, 6.07) is 22.5. The van der Waals surface area contributed by atoms with Crippen LogP contribution in [0.3, 0.4) is 0 Å². The zero-order valence-electron chi connectivity index (χ0n) is 42.1. The van der Waals surface area contributed by atoms with Gasteiger partial charge >= 0.3 is 35.1 Å². The van der Waals surface area contributed by atoms with Gasteiger partial charge in [0.1, 0.15) is 36.9 Å². The molecule has 0 atom stereocenters. The molecule has 27 heteroatoms. The molecule has 0 unspecified atom stereocenters. The SMILES string of the molecule is Cc1cn(Cc2ccc(Cn3cc(COc4nc(OCc5cn(Cc6ccc(Cn7cc(C)c(=O)[nH]c7=O)cc6)nn5)nc(OCc5cn(Cc6ccc(Cn7cc(C)c(=O)[nH]c7=O)cc6)nn5)n4)nn3)cc2)c(=O)[nH]c1=O. The van der Waals surface area contributed by atoms with Crippen molar-refractivity contribution in [2.45, 2.75) is 79.9 Å². The highest BCUT2D eigenvalue weighted by Crippen LogP contribution is 2.19. The lowest BCUT2D eigenvalue weighted by Crippen LogP contribution is -2.31. The zero-order chi connectivity index (χ0) is 54.3. The lowest BCUT2D eigenvalue weighted by molar-refractivity contribution is 0.219. The van der Waals surface area contributed by atoms with E-state index in [0.29, 0.717) is 73.0 Å². The molecule has 10 rings (SSSR count). The van der Waals surface area contributed by atoms with Gasteiger partial charge in [-0.25, -0.2) is 28.4 Å². The first kappa shape index (κ1) is 51.0. The van der Waals surface area contributed by atoms with Gasteiger partial charge < -0.3 is 14.2 Å². The summed E-state index contributed by atoms with van der Waals surface area (Å²) in [7, 11) is 0. The molecular weight excluding hydrogens is 1010 g/mol. The molecule has 0 saturated heterocycles. The van der Waals surface area contributed by atoms with Crippen molar-refractivity contribution in [2.75, 3.05) is 0 Å². The van der Waals surface area contributed by atoms with Crippen molar-refractivity contribution in [1.82, 2.24) is 88.6 Å². The number of nitrogens with zero attached hydrogens (tertiary/aromatic N) is 15. The Morgan fingerprint density at radius 2 is 0.603 bits per heavy atom. The van der Waals surface area contributed by atoms with E-state index in [0.717, 1.165) is 33.4 Å². The van der Waals surface area contributed by atoms with Crippen LogP contribution in [0.2, 0.25) is 0 Å². The monoisotopic (exact) mass is 1060 g/mol. The Bertz CT molecular complexity index is 3700. The maximum Gasteiger partial charge on any atom is 0.328 e. The van der Waals surface area contributed by atoms with Gasteiger partial charge in [0, 0.05) is 35.3 Å². The van der Waals surface area contributed by atoms with Crippen molar-refractivity contribution in [3.63, 3.8) is 0 Å². The minimum atomic E-state index is -0.481.